The van der Waals surface area contributed by atoms with E-state index in [1.165, 1.54) is 19.3 Å². The predicted octanol–water partition coefficient (Wildman–Crippen LogP) is 1.35. The van der Waals surface area contributed by atoms with Gasteiger partial charge in [0.1, 0.15) is 5.54 Å². The molecule has 106 valence electrons. The predicted molar refractivity (Wildman–Crippen MR) is 75.3 cm³/mol. The summed E-state index contributed by atoms with van der Waals surface area (Å²) < 4.78 is 0. The van der Waals surface area contributed by atoms with Crippen molar-refractivity contribution >= 4 is 5.91 Å². The minimum atomic E-state index is -0.623. The van der Waals surface area contributed by atoms with Gasteiger partial charge in [-0.2, -0.15) is 0 Å². The molecule has 0 bridgehead atoms. The Morgan fingerprint density at radius 1 is 1.44 bits per heavy atom. The summed E-state index contributed by atoms with van der Waals surface area (Å²) in [5.41, 5.74) is 4.95. The highest BCUT2D eigenvalue weighted by molar-refractivity contribution is 5.84. The standard InChI is InChI=1S/C14H29N3O/c1-11(2)16-14(4,13(15)18)10-17-8-5-6-12(3)7-9-17/h11-12,16H,5-10H2,1-4H3,(H2,15,18). The zero-order valence-electron chi connectivity index (χ0n) is 12.3. The fourth-order valence-electron chi connectivity index (χ4n) is 2.76. The van der Waals surface area contributed by atoms with Crippen LogP contribution < -0.4 is 11.1 Å². The number of nitrogens with zero attached hydrogens (tertiary/aromatic N) is 1. The summed E-state index contributed by atoms with van der Waals surface area (Å²) in [6, 6.07) is 0.258. The Kier molecular flexibility index (Phi) is 5.60. The largest absolute Gasteiger partial charge is 0.368 e. The summed E-state index contributed by atoms with van der Waals surface area (Å²) in [5, 5.41) is 3.32. The maximum absolute atomic E-state index is 11.7. The van der Waals surface area contributed by atoms with Crippen LogP contribution in [0.4, 0.5) is 0 Å². The van der Waals surface area contributed by atoms with Crippen LogP contribution in [0, 0.1) is 5.92 Å². The topological polar surface area (TPSA) is 58.4 Å². The number of amides is 1. The molecule has 1 aliphatic heterocycles. The lowest BCUT2D eigenvalue weighted by molar-refractivity contribution is -0.124. The van der Waals surface area contributed by atoms with Crippen molar-refractivity contribution in [1.29, 1.82) is 0 Å². The minimum Gasteiger partial charge on any atom is -0.368 e. The van der Waals surface area contributed by atoms with Crippen LogP contribution in [0.3, 0.4) is 0 Å². The minimum absolute atomic E-state index is 0.256. The first-order valence-electron chi connectivity index (χ1n) is 7.13. The Morgan fingerprint density at radius 2 is 2.11 bits per heavy atom. The van der Waals surface area contributed by atoms with Crippen molar-refractivity contribution in [2.45, 2.75) is 58.5 Å². The van der Waals surface area contributed by atoms with Gasteiger partial charge in [0.25, 0.3) is 0 Å². The SMILES string of the molecule is CC1CCCN(CC(C)(NC(C)C)C(N)=O)CC1. The fraction of sp³-hybridized carbons (Fsp3) is 0.929. The van der Waals surface area contributed by atoms with Crippen LogP contribution >= 0.6 is 0 Å². The number of nitrogens with one attached hydrogen (secondary N) is 1. The van der Waals surface area contributed by atoms with Crippen molar-refractivity contribution in [2.24, 2.45) is 11.7 Å². The molecule has 2 unspecified atom stereocenters. The third kappa shape index (κ3) is 4.58. The molecule has 0 aromatic heterocycles. The van der Waals surface area contributed by atoms with E-state index in [0.29, 0.717) is 6.54 Å². The van der Waals surface area contributed by atoms with Crippen LogP contribution in [-0.4, -0.2) is 42.0 Å². The van der Waals surface area contributed by atoms with E-state index in [9.17, 15) is 4.79 Å². The molecule has 1 rings (SSSR count). The molecule has 0 saturated carbocycles. The maximum Gasteiger partial charge on any atom is 0.238 e. The highest BCUT2D eigenvalue weighted by Gasteiger charge is 2.33. The van der Waals surface area contributed by atoms with E-state index >= 15 is 0 Å². The second kappa shape index (κ2) is 6.53. The summed E-state index contributed by atoms with van der Waals surface area (Å²) in [7, 11) is 0. The zero-order valence-corrected chi connectivity index (χ0v) is 12.3. The Hall–Kier alpha value is -0.610. The monoisotopic (exact) mass is 255 g/mol. The smallest absolute Gasteiger partial charge is 0.238 e. The normalized spacial score (nSPS) is 25.7. The molecular weight excluding hydrogens is 226 g/mol. The van der Waals surface area contributed by atoms with Crippen LogP contribution in [0.2, 0.25) is 0 Å². The van der Waals surface area contributed by atoms with Crippen LogP contribution in [0.15, 0.2) is 0 Å². The molecule has 1 heterocycles. The molecule has 0 spiro atoms. The van der Waals surface area contributed by atoms with Gasteiger partial charge in [0.05, 0.1) is 0 Å². The average Bonchev–Trinajstić information content (AvgIpc) is 2.42. The lowest BCUT2D eigenvalue weighted by atomic mass is 9.99. The van der Waals surface area contributed by atoms with Crippen molar-refractivity contribution < 1.29 is 4.79 Å². The number of likely N-dealkylation sites (tertiary alicyclic amines) is 1. The summed E-state index contributed by atoms with van der Waals surface area (Å²) in [6.07, 6.45) is 3.73. The number of carbonyl (C=O) groups is 1. The number of hydrogen-bond acceptors (Lipinski definition) is 3. The fourth-order valence-corrected chi connectivity index (χ4v) is 2.76. The van der Waals surface area contributed by atoms with E-state index in [4.69, 9.17) is 5.73 Å². The molecule has 0 aliphatic carbocycles. The number of rotatable bonds is 5. The second-order valence-corrected chi connectivity index (χ2v) is 6.31. The van der Waals surface area contributed by atoms with E-state index in [1.807, 2.05) is 20.8 Å². The van der Waals surface area contributed by atoms with Gasteiger partial charge in [0.2, 0.25) is 5.91 Å². The molecule has 1 aliphatic rings. The number of primary amides is 1. The molecule has 3 N–H and O–H groups in total. The Bertz CT molecular complexity index is 280. The highest BCUT2D eigenvalue weighted by atomic mass is 16.1. The molecule has 0 radical (unpaired) electrons. The summed E-state index contributed by atoms with van der Waals surface area (Å²) in [6.45, 7) is 11.2. The van der Waals surface area contributed by atoms with Gasteiger partial charge in [-0.1, -0.05) is 6.92 Å². The Labute approximate surface area is 111 Å². The molecule has 0 aromatic rings. The molecule has 18 heavy (non-hydrogen) atoms. The van der Waals surface area contributed by atoms with Gasteiger partial charge < -0.3 is 16.0 Å². The molecule has 1 amide bonds. The number of nitrogens with two attached hydrogens (primary N) is 1. The first kappa shape index (κ1) is 15.4. The van der Waals surface area contributed by atoms with Crippen molar-refractivity contribution in [3.8, 4) is 0 Å². The van der Waals surface area contributed by atoms with Crippen LogP contribution in [0.5, 0.6) is 0 Å². The quantitative estimate of drug-likeness (QED) is 0.779. The lowest BCUT2D eigenvalue weighted by Crippen LogP contribution is -2.61. The first-order chi connectivity index (χ1) is 8.33. The number of carbonyl (C=O) groups excluding carboxylic acids is 1. The molecule has 1 saturated heterocycles. The van der Waals surface area contributed by atoms with Crippen LogP contribution in [0.1, 0.15) is 47.0 Å². The third-order valence-corrected chi connectivity index (χ3v) is 3.80. The van der Waals surface area contributed by atoms with E-state index in [1.54, 1.807) is 0 Å². The van der Waals surface area contributed by atoms with E-state index in [-0.39, 0.29) is 11.9 Å². The van der Waals surface area contributed by atoms with Gasteiger partial charge in [-0.3, -0.25) is 4.79 Å². The molecule has 2 atom stereocenters. The van der Waals surface area contributed by atoms with Gasteiger partial charge in [-0.15, -0.1) is 0 Å². The van der Waals surface area contributed by atoms with Crippen molar-refractivity contribution in [3.05, 3.63) is 0 Å². The van der Waals surface area contributed by atoms with Crippen molar-refractivity contribution in [3.63, 3.8) is 0 Å². The molecule has 4 heteroatoms. The summed E-state index contributed by atoms with van der Waals surface area (Å²) >= 11 is 0. The highest BCUT2D eigenvalue weighted by Crippen LogP contribution is 2.18. The molecular formula is C14H29N3O. The van der Waals surface area contributed by atoms with Crippen molar-refractivity contribution in [1.82, 2.24) is 10.2 Å². The molecule has 0 aromatic carbocycles. The Morgan fingerprint density at radius 3 is 2.67 bits per heavy atom. The number of hydrogen-bond donors (Lipinski definition) is 2. The summed E-state index contributed by atoms with van der Waals surface area (Å²) in [5.74, 6) is 0.543. The van der Waals surface area contributed by atoms with E-state index < -0.39 is 5.54 Å². The zero-order chi connectivity index (χ0) is 13.8. The van der Waals surface area contributed by atoms with Gasteiger partial charge >= 0.3 is 0 Å². The van der Waals surface area contributed by atoms with Crippen LogP contribution in [0.25, 0.3) is 0 Å². The lowest BCUT2D eigenvalue weighted by Gasteiger charge is -2.35. The van der Waals surface area contributed by atoms with Gasteiger partial charge in [0.15, 0.2) is 0 Å². The molecule has 4 nitrogen and oxygen atoms in total. The van der Waals surface area contributed by atoms with Crippen LogP contribution in [-0.2, 0) is 4.79 Å². The molecule has 1 fully saturated rings. The average molecular weight is 255 g/mol. The van der Waals surface area contributed by atoms with Gasteiger partial charge in [-0.25, -0.2) is 0 Å². The van der Waals surface area contributed by atoms with Gasteiger partial charge in [-0.05, 0) is 59.0 Å². The third-order valence-electron chi connectivity index (χ3n) is 3.80. The Balaban J connectivity index is 2.62. The first-order valence-corrected chi connectivity index (χ1v) is 7.13. The van der Waals surface area contributed by atoms with Crippen molar-refractivity contribution in [2.75, 3.05) is 19.6 Å². The maximum atomic E-state index is 11.7. The second-order valence-electron chi connectivity index (χ2n) is 6.31. The van der Waals surface area contributed by atoms with E-state index in [0.717, 1.165) is 19.0 Å². The summed E-state index contributed by atoms with van der Waals surface area (Å²) in [4.78, 5) is 14.1. The van der Waals surface area contributed by atoms with E-state index in [2.05, 4.69) is 17.1 Å². The van der Waals surface area contributed by atoms with Gasteiger partial charge in [0, 0.05) is 12.6 Å².